The Morgan fingerprint density at radius 2 is 1.80 bits per heavy atom. The smallest absolute Gasteiger partial charge is 0.255 e. The number of hydrogen-bond acceptors (Lipinski definition) is 10. The molecule has 7 N–H and O–H groups in total. The number of benzene rings is 1. The van der Waals surface area contributed by atoms with Crippen molar-refractivity contribution < 1.29 is 39.9 Å². The van der Waals surface area contributed by atoms with Crippen molar-refractivity contribution in [2.24, 2.45) is 17.6 Å². The molecule has 0 aliphatic heterocycles. The number of aliphatic hydroxyl groups excluding tert-OH is 3. The van der Waals surface area contributed by atoms with Crippen molar-refractivity contribution in [1.82, 2.24) is 4.90 Å². The largest absolute Gasteiger partial charge is 0.508 e. The van der Waals surface area contributed by atoms with Gasteiger partial charge in [-0.1, -0.05) is 0 Å². The van der Waals surface area contributed by atoms with E-state index in [1.165, 1.54) is 4.90 Å². The van der Waals surface area contributed by atoms with Crippen molar-refractivity contribution in [2.45, 2.75) is 31.1 Å². The molecule has 3 aliphatic rings. The van der Waals surface area contributed by atoms with E-state index in [9.17, 15) is 39.9 Å². The van der Waals surface area contributed by atoms with Crippen molar-refractivity contribution in [3.8, 4) is 5.75 Å². The Bertz CT molecular complexity index is 1230. The summed E-state index contributed by atoms with van der Waals surface area (Å²) in [6, 6.07) is 0.458. The van der Waals surface area contributed by atoms with Crippen LogP contribution >= 0.6 is 0 Å². The van der Waals surface area contributed by atoms with E-state index in [-0.39, 0.29) is 29.5 Å². The fourth-order valence-electron chi connectivity index (χ4n) is 5.87. The summed E-state index contributed by atoms with van der Waals surface area (Å²) in [5, 5.41) is 54.2. The second kappa shape index (κ2) is 8.08. The number of aromatic hydroxyl groups is 1. The van der Waals surface area contributed by atoms with Crippen LogP contribution in [0.15, 0.2) is 23.0 Å². The SMILES string of the molecule is CN(C)c1cc(CO)c(O)c2c1CC1CC3[C@@H](N(C)C)C(=O)C(C(N)=O)=C(O)C3(O)C(=O)C1=C2O. The summed E-state index contributed by atoms with van der Waals surface area (Å²) in [4.78, 5) is 42.1. The van der Waals surface area contributed by atoms with Gasteiger partial charge >= 0.3 is 0 Å². The van der Waals surface area contributed by atoms with Crippen LogP contribution in [0.25, 0.3) is 5.76 Å². The Morgan fingerprint density at radius 3 is 2.31 bits per heavy atom. The number of anilines is 1. The maximum atomic E-state index is 13.8. The fraction of sp³-hybridized carbons (Fsp3) is 0.458. The molecule has 1 fully saturated rings. The van der Waals surface area contributed by atoms with Gasteiger partial charge in [-0.2, -0.15) is 0 Å². The van der Waals surface area contributed by atoms with Crippen molar-refractivity contribution in [1.29, 1.82) is 0 Å². The first-order chi connectivity index (χ1) is 16.3. The van der Waals surface area contributed by atoms with Crippen LogP contribution in [0.3, 0.4) is 0 Å². The van der Waals surface area contributed by atoms with E-state index in [4.69, 9.17) is 5.73 Å². The number of aliphatic hydroxyl groups is 4. The van der Waals surface area contributed by atoms with E-state index in [2.05, 4.69) is 0 Å². The average molecular weight is 488 g/mol. The minimum absolute atomic E-state index is 0.0150. The summed E-state index contributed by atoms with van der Waals surface area (Å²) in [5.74, 6) is -7.05. The number of rotatable bonds is 4. The number of nitrogens with zero attached hydrogens (tertiary/aromatic N) is 2. The molecule has 11 heteroatoms. The number of Topliss-reactive ketones (excluding diaryl/α,β-unsaturated/α-hetero) is 2. The Morgan fingerprint density at radius 1 is 1.17 bits per heavy atom. The zero-order valence-electron chi connectivity index (χ0n) is 19.9. The highest BCUT2D eigenvalue weighted by Gasteiger charge is 2.64. The monoisotopic (exact) mass is 487 g/mol. The highest BCUT2D eigenvalue weighted by molar-refractivity contribution is 6.24. The van der Waals surface area contributed by atoms with E-state index in [1.807, 2.05) is 0 Å². The number of hydrogen-bond donors (Lipinski definition) is 6. The van der Waals surface area contributed by atoms with E-state index in [1.54, 1.807) is 39.2 Å². The van der Waals surface area contributed by atoms with E-state index >= 15 is 0 Å². The number of amides is 1. The number of likely N-dealkylation sites (N-methyl/N-ethyl adjacent to an activating group) is 1. The van der Waals surface area contributed by atoms with E-state index in [0.29, 0.717) is 11.3 Å². The number of fused-ring (bicyclic) bond motifs is 3. The zero-order chi connectivity index (χ0) is 26.1. The Labute approximate surface area is 201 Å². The summed E-state index contributed by atoms with van der Waals surface area (Å²) in [6.07, 6.45) is 0.197. The van der Waals surface area contributed by atoms with Crippen molar-refractivity contribution in [3.63, 3.8) is 0 Å². The first kappa shape index (κ1) is 24.7. The number of carbonyl (C=O) groups is 3. The molecule has 0 spiro atoms. The molecular formula is C24H29N3O8. The van der Waals surface area contributed by atoms with Crippen LogP contribution in [0.2, 0.25) is 0 Å². The molecule has 0 bridgehead atoms. The second-order valence-corrected chi connectivity index (χ2v) is 9.77. The van der Waals surface area contributed by atoms with E-state index in [0.717, 1.165) is 0 Å². The van der Waals surface area contributed by atoms with Crippen molar-refractivity contribution in [2.75, 3.05) is 33.1 Å². The summed E-state index contributed by atoms with van der Waals surface area (Å²) < 4.78 is 0. The quantitative estimate of drug-likeness (QED) is 0.303. The lowest BCUT2D eigenvalue weighted by Gasteiger charge is -2.50. The van der Waals surface area contributed by atoms with Gasteiger partial charge in [-0.05, 0) is 44.5 Å². The standard InChI is InChI=1S/C24H29N3O8/c1-26(2)13-7-10(8-28)18(29)15-11(13)5-9-6-12-17(27(3)4)20(31)16(23(25)34)22(33)24(12,35)21(32)14(9)19(15)30/h7,9,12,17,28-30,33,35H,5-6,8H2,1-4H3,(H2,25,34)/t9?,12?,17-,24?/m1/s1. The van der Waals surface area contributed by atoms with Gasteiger partial charge in [-0.3, -0.25) is 19.3 Å². The molecule has 0 aromatic heterocycles. The molecule has 1 saturated carbocycles. The topological polar surface area (TPSA) is 185 Å². The fourth-order valence-corrected chi connectivity index (χ4v) is 5.87. The summed E-state index contributed by atoms with van der Waals surface area (Å²) >= 11 is 0. The van der Waals surface area contributed by atoms with Gasteiger partial charge in [0.05, 0.1) is 18.2 Å². The highest BCUT2D eigenvalue weighted by atomic mass is 16.3. The van der Waals surface area contributed by atoms with Crippen LogP contribution in [-0.4, -0.2) is 87.7 Å². The molecule has 0 saturated heterocycles. The zero-order valence-corrected chi connectivity index (χ0v) is 19.9. The van der Waals surface area contributed by atoms with Gasteiger partial charge < -0.3 is 36.2 Å². The number of nitrogens with two attached hydrogens (primary N) is 1. The molecule has 3 unspecified atom stereocenters. The number of carbonyl (C=O) groups excluding carboxylic acids is 3. The summed E-state index contributed by atoms with van der Waals surface area (Å²) in [7, 11) is 6.61. The van der Waals surface area contributed by atoms with E-state index < -0.39 is 70.4 Å². The number of ketones is 2. The first-order valence-corrected chi connectivity index (χ1v) is 11.1. The Hall–Kier alpha value is -3.41. The summed E-state index contributed by atoms with van der Waals surface area (Å²) in [5.41, 5.74) is 2.79. The molecule has 4 atom stereocenters. The van der Waals surface area contributed by atoms with Gasteiger partial charge in [0.2, 0.25) is 5.78 Å². The maximum Gasteiger partial charge on any atom is 0.255 e. The van der Waals surface area contributed by atoms with Crippen molar-refractivity contribution >= 4 is 28.9 Å². The maximum absolute atomic E-state index is 13.8. The van der Waals surface area contributed by atoms with Crippen LogP contribution in [0.4, 0.5) is 5.69 Å². The Balaban J connectivity index is 2.01. The Kier molecular flexibility index (Phi) is 5.70. The van der Waals surface area contributed by atoms with Crippen LogP contribution in [0, 0.1) is 11.8 Å². The lowest BCUT2D eigenvalue weighted by atomic mass is 9.57. The molecule has 11 nitrogen and oxygen atoms in total. The molecular weight excluding hydrogens is 458 g/mol. The van der Waals surface area contributed by atoms with Gasteiger partial charge in [0.1, 0.15) is 22.8 Å². The molecule has 1 aromatic carbocycles. The van der Waals surface area contributed by atoms with Crippen LogP contribution < -0.4 is 10.6 Å². The third-order valence-electron chi connectivity index (χ3n) is 7.43. The molecule has 3 aliphatic carbocycles. The minimum atomic E-state index is -2.68. The van der Waals surface area contributed by atoms with Crippen LogP contribution in [0.5, 0.6) is 5.75 Å². The third kappa shape index (κ3) is 3.19. The average Bonchev–Trinajstić information content (AvgIpc) is 2.75. The van der Waals surface area contributed by atoms with Gasteiger partial charge in [0.25, 0.3) is 5.91 Å². The third-order valence-corrected chi connectivity index (χ3v) is 7.43. The van der Waals surface area contributed by atoms with Gasteiger partial charge in [0, 0.05) is 36.8 Å². The second-order valence-electron chi connectivity index (χ2n) is 9.77. The predicted molar refractivity (Wildman–Crippen MR) is 124 cm³/mol. The molecule has 1 amide bonds. The molecule has 1 aromatic rings. The van der Waals surface area contributed by atoms with Gasteiger partial charge in [0.15, 0.2) is 11.4 Å². The molecule has 35 heavy (non-hydrogen) atoms. The molecule has 188 valence electrons. The molecule has 0 radical (unpaired) electrons. The molecule has 0 heterocycles. The first-order valence-electron chi connectivity index (χ1n) is 11.1. The van der Waals surface area contributed by atoms with Gasteiger partial charge in [-0.15, -0.1) is 0 Å². The number of phenols is 1. The minimum Gasteiger partial charge on any atom is -0.508 e. The van der Waals surface area contributed by atoms with Crippen LogP contribution in [0.1, 0.15) is 23.1 Å². The van der Waals surface area contributed by atoms with Crippen LogP contribution in [-0.2, 0) is 27.4 Å². The normalized spacial score (nSPS) is 28.1. The molecule has 4 rings (SSSR count). The summed E-state index contributed by atoms with van der Waals surface area (Å²) in [6.45, 7) is -0.524. The highest BCUT2D eigenvalue weighted by Crippen LogP contribution is 2.54. The van der Waals surface area contributed by atoms with Gasteiger partial charge in [-0.25, -0.2) is 0 Å². The predicted octanol–water partition coefficient (Wildman–Crippen LogP) is -0.478. The lowest BCUT2D eigenvalue weighted by molar-refractivity contribution is -0.153. The number of primary amides is 1. The van der Waals surface area contributed by atoms with Crippen molar-refractivity contribution in [3.05, 3.63) is 39.7 Å². The lowest BCUT2D eigenvalue weighted by Crippen LogP contribution is -2.65.